The molecule has 2 atom stereocenters. The number of benzene rings is 1. The molecule has 2 saturated carbocycles. The fraction of sp³-hybridized carbons (Fsp3) is 0.529. The molecule has 0 radical (unpaired) electrons. The molecule has 2 unspecified atom stereocenters. The van der Waals surface area contributed by atoms with Gasteiger partial charge in [-0.2, -0.15) is 13.2 Å². The highest BCUT2D eigenvalue weighted by Gasteiger charge is 2.52. The number of carbonyl (C=O) groups is 2. The molecule has 3 rings (SSSR count). The maximum atomic E-state index is 12.6. The number of alkyl halides is 3. The van der Waals surface area contributed by atoms with Gasteiger partial charge in [-0.1, -0.05) is 12.1 Å². The number of halogens is 3. The largest absolute Gasteiger partial charge is 0.480 e. The Bertz CT molecular complexity index is 637. The number of carboxylic acids is 1. The van der Waals surface area contributed by atoms with E-state index in [9.17, 15) is 22.8 Å². The summed E-state index contributed by atoms with van der Waals surface area (Å²) in [6.07, 6.45) is -1.36. The average molecular weight is 341 g/mol. The zero-order chi connectivity index (χ0) is 17.5. The Morgan fingerprint density at radius 3 is 2.29 bits per heavy atom. The van der Waals surface area contributed by atoms with Crippen LogP contribution in [-0.4, -0.2) is 28.4 Å². The standard InChI is InChI=1S/C17H18F3NO3/c18-17(19,20)12-5-1-10(2-6-12)8-21(9-15(22)23)16(24)14-7-13(14)11-3-4-11/h1-2,5-6,11,13-14H,3-4,7-9H2,(H,22,23). The summed E-state index contributed by atoms with van der Waals surface area (Å²) >= 11 is 0. The average Bonchev–Trinajstić information content (AvgIpc) is 3.36. The summed E-state index contributed by atoms with van der Waals surface area (Å²) in [6, 6.07) is 4.47. The minimum Gasteiger partial charge on any atom is -0.480 e. The molecule has 1 N–H and O–H groups in total. The number of carbonyl (C=O) groups excluding carboxylic acids is 1. The van der Waals surface area contributed by atoms with Crippen LogP contribution in [0.3, 0.4) is 0 Å². The highest BCUT2D eigenvalue weighted by molar-refractivity contribution is 5.85. The predicted molar refractivity (Wildman–Crippen MR) is 78.8 cm³/mol. The van der Waals surface area contributed by atoms with Crippen LogP contribution in [0.4, 0.5) is 13.2 Å². The molecular weight excluding hydrogens is 323 g/mol. The van der Waals surface area contributed by atoms with Crippen LogP contribution in [0.2, 0.25) is 0 Å². The van der Waals surface area contributed by atoms with Crippen LogP contribution in [0.15, 0.2) is 24.3 Å². The first kappa shape index (κ1) is 16.8. The van der Waals surface area contributed by atoms with E-state index in [1.54, 1.807) is 0 Å². The molecule has 0 bridgehead atoms. The molecule has 0 heterocycles. The Morgan fingerprint density at radius 1 is 1.17 bits per heavy atom. The monoisotopic (exact) mass is 341 g/mol. The number of nitrogens with zero attached hydrogens (tertiary/aromatic N) is 1. The van der Waals surface area contributed by atoms with Crippen molar-refractivity contribution in [1.29, 1.82) is 0 Å². The minimum atomic E-state index is -4.42. The van der Waals surface area contributed by atoms with E-state index in [1.165, 1.54) is 17.0 Å². The van der Waals surface area contributed by atoms with Crippen LogP contribution in [0.5, 0.6) is 0 Å². The smallest absolute Gasteiger partial charge is 0.416 e. The van der Waals surface area contributed by atoms with Crippen LogP contribution >= 0.6 is 0 Å². The molecule has 0 saturated heterocycles. The highest BCUT2D eigenvalue weighted by atomic mass is 19.4. The number of rotatable bonds is 6. The summed E-state index contributed by atoms with van der Waals surface area (Å²) in [4.78, 5) is 24.7. The Morgan fingerprint density at radius 2 is 1.79 bits per heavy atom. The summed E-state index contributed by atoms with van der Waals surface area (Å²) in [6.45, 7) is -0.426. The van der Waals surface area contributed by atoms with Gasteiger partial charge in [-0.05, 0) is 48.8 Å². The first-order chi connectivity index (χ1) is 11.3. The quantitative estimate of drug-likeness (QED) is 0.865. The molecule has 0 aromatic heterocycles. The number of hydrogen-bond donors (Lipinski definition) is 1. The maximum Gasteiger partial charge on any atom is 0.416 e. The van der Waals surface area contributed by atoms with Crippen LogP contribution in [0.25, 0.3) is 0 Å². The lowest BCUT2D eigenvalue weighted by molar-refractivity contribution is -0.145. The molecule has 2 aliphatic carbocycles. The second-order valence-corrected chi connectivity index (χ2v) is 6.63. The fourth-order valence-corrected chi connectivity index (χ4v) is 3.17. The van der Waals surface area contributed by atoms with Gasteiger partial charge >= 0.3 is 12.1 Å². The third-order valence-corrected chi connectivity index (χ3v) is 4.68. The lowest BCUT2D eigenvalue weighted by Gasteiger charge is -2.21. The van der Waals surface area contributed by atoms with Crippen LogP contribution in [0.1, 0.15) is 30.4 Å². The molecule has 24 heavy (non-hydrogen) atoms. The van der Waals surface area contributed by atoms with Crippen molar-refractivity contribution in [1.82, 2.24) is 4.90 Å². The van der Waals surface area contributed by atoms with Crippen molar-refractivity contribution >= 4 is 11.9 Å². The zero-order valence-corrected chi connectivity index (χ0v) is 12.9. The Kier molecular flexibility index (Phi) is 4.27. The number of hydrogen-bond acceptors (Lipinski definition) is 2. The Balaban J connectivity index is 1.67. The van der Waals surface area contributed by atoms with E-state index in [-0.39, 0.29) is 18.4 Å². The van der Waals surface area contributed by atoms with Gasteiger partial charge in [0.15, 0.2) is 0 Å². The first-order valence-corrected chi connectivity index (χ1v) is 7.92. The molecule has 2 fully saturated rings. The van der Waals surface area contributed by atoms with Gasteiger partial charge in [0.05, 0.1) is 5.56 Å². The summed E-state index contributed by atoms with van der Waals surface area (Å²) in [5.41, 5.74) is -0.278. The van der Waals surface area contributed by atoms with Crippen molar-refractivity contribution in [2.24, 2.45) is 17.8 Å². The lowest BCUT2D eigenvalue weighted by atomic mass is 10.1. The highest BCUT2D eigenvalue weighted by Crippen LogP contribution is 2.54. The van der Waals surface area contributed by atoms with Crippen molar-refractivity contribution in [3.05, 3.63) is 35.4 Å². The number of amides is 1. The van der Waals surface area contributed by atoms with Gasteiger partial charge in [0.25, 0.3) is 0 Å². The van der Waals surface area contributed by atoms with Crippen molar-refractivity contribution in [2.75, 3.05) is 6.54 Å². The summed E-state index contributed by atoms with van der Waals surface area (Å²) in [5.74, 6) is -0.488. The van der Waals surface area contributed by atoms with Crippen molar-refractivity contribution in [3.8, 4) is 0 Å². The maximum absolute atomic E-state index is 12.6. The zero-order valence-electron chi connectivity index (χ0n) is 12.9. The van der Waals surface area contributed by atoms with Gasteiger partial charge in [0.1, 0.15) is 6.54 Å². The van der Waals surface area contributed by atoms with E-state index in [0.717, 1.165) is 31.4 Å². The topological polar surface area (TPSA) is 57.6 Å². The van der Waals surface area contributed by atoms with Gasteiger partial charge in [-0.15, -0.1) is 0 Å². The summed E-state index contributed by atoms with van der Waals surface area (Å²) in [5, 5.41) is 9.01. The van der Waals surface area contributed by atoms with Gasteiger partial charge in [-0.3, -0.25) is 9.59 Å². The Hall–Kier alpha value is -2.05. The molecule has 0 spiro atoms. The van der Waals surface area contributed by atoms with E-state index in [1.807, 2.05) is 0 Å². The molecule has 1 aromatic rings. The fourth-order valence-electron chi connectivity index (χ4n) is 3.17. The molecular formula is C17H18F3NO3. The molecule has 4 nitrogen and oxygen atoms in total. The van der Waals surface area contributed by atoms with E-state index in [0.29, 0.717) is 17.4 Å². The third-order valence-electron chi connectivity index (χ3n) is 4.68. The van der Waals surface area contributed by atoms with E-state index in [4.69, 9.17) is 5.11 Å². The minimum absolute atomic E-state index is 0.0111. The van der Waals surface area contributed by atoms with Crippen LogP contribution in [0, 0.1) is 17.8 Å². The number of aliphatic carboxylic acids is 1. The van der Waals surface area contributed by atoms with Crippen molar-refractivity contribution < 1.29 is 27.9 Å². The van der Waals surface area contributed by atoms with Gasteiger partial charge < -0.3 is 10.0 Å². The Labute approximate surface area is 137 Å². The lowest BCUT2D eigenvalue weighted by Crippen LogP contribution is -2.36. The number of carboxylic acid groups (broad SMARTS) is 1. The first-order valence-electron chi connectivity index (χ1n) is 7.92. The molecule has 1 amide bonds. The van der Waals surface area contributed by atoms with Crippen LogP contribution < -0.4 is 0 Å². The van der Waals surface area contributed by atoms with Crippen molar-refractivity contribution in [2.45, 2.75) is 32.0 Å². The molecule has 0 aliphatic heterocycles. The normalized spacial score (nSPS) is 23.0. The second kappa shape index (κ2) is 6.11. The van der Waals surface area contributed by atoms with E-state index < -0.39 is 24.3 Å². The molecule has 2 aliphatic rings. The van der Waals surface area contributed by atoms with Gasteiger partial charge in [0.2, 0.25) is 5.91 Å². The van der Waals surface area contributed by atoms with Crippen molar-refractivity contribution in [3.63, 3.8) is 0 Å². The summed E-state index contributed by atoms with van der Waals surface area (Å²) in [7, 11) is 0. The predicted octanol–water partition coefficient (Wildman–Crippen LogP) is 3.16. The van der Waals surface area contributed by atoms with Crippen LogP contribution in [-0.2, 0) is 22.3 Å². The molecule has 7 heteroatoms. The van der Waals surface area contributed by atoms with Gasteiger partial charge in [0, 0.05) is 12.5 Å². The molecule has 130 valence electrons. The van der Waals surface area contributed by atoms with Gasteiger partial charge in [-0.25, -0.2) is 0 Å². The SMILES string of the molecule is O=C(O)CN(Cc1ccc(C(F)(F)F)cc1)C(=O)C1CC1C1CC1. The third kappa shape index (κ3) is 3.88. The second-order valence-electron chi connectivity index (χ2n) is 6.63. The summed E-state index contributed by atoms with van der Waals surface area (Å²) < 4.78 is 37.7. The van der Waals surface area contributed by atoms with E-state index in [2.05, 4.69) is 0 Å². The molecule has 1 aromatic carbocycles. The van der Waals surface area contributed by atoms with E-state index >= 15 is 0 Å².